The Hall–Kier alpha value is -3.78. The minimum atomic E-state index is -0.637. The molecular weight excluding hydrogens is 392 g/mol. The number of nitrogens with one attached hydrogen (secondary N) is 3. The number of carbonyl (C=O) groups excluding carboxylic acids is 2. The molecule has 2 amide bonds. The van der Waals surface area contributed by atoms with Gasteiger partial charge in [0.25, 0.3) is 5.91 Å². The van der Waals surface area contributed by atoms with E-state index in [4.69, 9.17) is 11.6 Å². The summed E-state index contributed by atoms with van der Waals surface area (Å²) in [6.07, 6.45) is 1.24. The zero-order valence-corrected chi connectivity index (χ0v) is 16.1. The molecule has 0 bridgehead atoms. The highest BCUT2D eigenvalue weighted by atomic mass is 35.5. The molecule has 0 aliphatic rings. The first-order valence-corrected chi connectivity index (χ1v) is 8.96. The van der Waals surface area contributed by atoms with Crippen LogP contribution in [0.3, 0.4) is 0 Å². The Morgan fingerprint density at radius 3 is 2.28 bits per heavy atom. The summed E-state index contributed by atoms with van der Waals surface area (Å²) in [7, 11) is 0. The van der Waals surface area contributed by atoms with Crippen LogP contribution >= 0.6 is 11.6 Å². The molecule has 0 aliphatic heterocycles. The molecule has 2 aromatic carbocycles. The average molecular weight is 409 g/mol. The first-order chi connectivity index (χ1) is 14.0. The first kappa shape index (κ1) is 20.0. The lowest BCUT2D eigenvalue weighted by Crippen LogP contribution is -2.37. The van der Waals surface area contributed by atoms with E-state index >= 15 is 0 Å². The van der Waals surface area contributed by atoms with E-state index in [9.17, 15) is 9.59 Å². The van der Waals surface area contributed by atoms with Crippen LogP contribution in [0.5, 0.6) is 0 Å². The number of halogens is 1. The van der Waals surface area contributed by atoms with Crippen molar-refractivity contribution in [1.82, 2.24) is 15.3 Å². The Labute approximate surface area is 172 Å². The van der Waals surface area contributed by atoms with Crippen molar-refractivity contribution in [3.05, 3.63) is 77.7 Å². The van der Waals surface area contributed by atoms with Gasteiger partial charge in [-0.3, -0.25) is 14.9 Å². The number of aromatic nitrogens is 2. The summed E-state index contributed by atoms with van der Waals surface area (Å²) >= 11 is 5.88. The third kappa shape index (κ3) is 5.85. The van der Waals surface area contributed by atoms with E-state index in [2.05, 4.69) is 30.9 Å². The van der Waals surface area contributed by atoms with Gasteiger partial charge in [0.05, 0.1) is 11.9 Å². The fourth-order valence-corrected chi connectivity index (χ4v) is 2.46. The summed E-state index contributed by atoms with van der Waals surface area (Å²) in [5.41, 5.74) is 1.22. The van der Waals surface area contributed by atoms with Crippen LogP contribution < -0.4 is 16.0 Å². The van der Waals surface area contributed by atoms with E-state index in [1.54, 1.807) is 12.1 Å². The monoisotopic (exact) mass is 408 g/mol. The molecule has 3 rings (SSSR count). The molecule has 3 N–H and O–H groups in total. The quantitative estimate of drug-likeness (QED) is 0.451. The van der Waals surface area contributed by atoms with Gasteiger partial charge in [0.15, 0.2) is 11.5 Å². The predicted octanol–water partition coefficient (Wildman–Crippen LogP) is 3.62. The summed E-state index contributed by atoms with van der Waals surface area (Å²) in [5.74, 6) is -0.862. The van der Waals surface area contributed by atoms with Gasteiger partial charge in [0.1, 0.15) is 5.15 Å². The van der Waals surface area contributed by atoms with Crippen molar-refractivity contribution >= 4 is 46.6 Å². The van der Waals surface area contributed by atoms with E-state index in [0.29, 0.717) is 5.69 Å². The second kappa shape index (κ2) is 9.43. The third-order valence-corrected chi connectivity index (χ3v) is 3.70. The lowest BCUT2D eigenvalue weighted by atomic mass is 10.3. The Kier molecular flexibility index (Phi) is 6.49. The van der Waals surface area contributed by atoms with Crippen LogP contribution in [0.1, 0.15) is 17.4 Å². The highest BCUT2D eigenvalue weighted by molar-refractivity contribution is 6.29. The molecule has 0 fully saturated rings. The smallest absolute Gasteiger partial charge is 0.280 e. The molecule has 29 heavy (non-hydrogen) atoms. The van der Waals surface area contributed by atoms with Crippen LogP contribution in [-0.4, -0.2) is 27.7 Å². The molecule has 3 aromatic rings. The summed E-state index contributed by atoms with van der Waals surface area (Å²) in [4.78, 5) is 36.6. The van der Waals surface area contributed by atoms with E-state index < -0.39 is 11.8 Å². The summed E-state index contributed by atoms with van der Waals surface area (Å²) in [6, 6.07) is 18.3. The molecule has 8 nitrogen and oxygen atoms in total. The largest absolute Gasteiger partial charge is 0.326 e. The number of amides is 2. The maximum Gasteiger partial charge on any atom is 0.280 e. The summed E-state index contributed by atoms with van der Waals surface area (Å²) < 4.78 is 0. The minimum absolute atomic E-state index is 0.00169. The van der Waals surface area contributed by atoms with Gasteiger partial charge in [0.2, 0.25) is 11.9 Å². The third-order valence-electron chi connectivity index (χ3n) is 3.52. The second-order valence-corrected chi connectivity index (χ2v) is 6.20. The minimum Gasteiger partial charge on any atom is -0.326 e. The van der Waals surface area contributed by atoms with Crippen molar-refractivity contribution < 1.29 is 9.59 Å². The Morgan fingerprint density at radius 2 is 1.62 bits per heavy atom. The number of hydrogen-bond acceptors (Lipinski definition) is 5. The number of para-hydroxylation sites is 2. The van der Waals surface area contributed by atoms with Gasteiger partial charge in [-0.2, -0.15) is 0 Å². The van der Waals surface area contributed by atoms with Crippen LogP contribution in [0.2, 0.25) is 5.15 Å². The van der Waals surface area contributed by atoms with E-state index in [1.165, 1.54) is 13.1 Å². The Bertz CT molecular complexity index is 1040. The molecular formula is C20H17ClN6O2. The van der Waals surface area contributed by atoms with Gasteiger partial charge in [-0.1, -0.05) is 48.0 Å². The molecule has 0 saturated carbocycles. The van der Waals surface area contributed by atoms with Crippen molar-refractivity contribution in [3.63, 3.8) is 0 Å². The van der Waals surface area contributed by atoms with Gasteiger partial charge in [-0.25, -0.2) is 15.0 Å². The molecule has 0 spiro atoms. The number of aliphatic imine (C=N–C) groups is 1. The number of rotatable bonds is 4. The highest BCUT2D eigenvalue weighted by Crippen LogP contribution is 2.15. The van der Waals surface area contributed by atoms with Crippen molar-refractivity contribution in [2.45, 2.75) is 6.92 Å². The van der Waals surface area contributed by atoms with Gasteiger partial charge in [-0.05, 0) is 24.3 Å². The van der Waals surface area contributed by atoms with Crippen molar-refractivity contribution in [2.24, 2.45) is 4.99 Å². The lowest BCUT2D eigenvalue weighted by Gasteiger charge is -2.13. The Morgan fingerprint density at radius 1 is 0.966 bits per heavy atom. The maximum atomic E-state index is 12.8. The maximum absolute atomic E-state index is 12.8. The number of benzene rings is 2. The standard InChI is InChI=1S/C20H17ClN6O2/c1-13(28)23-18-17(26-16(21)12-22-18)19(29)27-20(24-14-8-4-2-5-9-14)25-15-10-6-3-7-11-15/h2-12H,1H3,(H,22,23,28)(H2,24,25,27,29). The van der Waals surface area contributed by atoms with E-state index in [1.807, 2.05) is 48.5 Å². The summed E-state index contributed by atoms with van der Waals surface area (Å²) in [6.45, 7) is 1.30. The predicted molar refractivity (Wildman–Crippen MR) is 112 cm³/mol. The molecule has 0 saturated heterocycles. The number of carbonyl (C=O) groups is 2. The molecule has 1 aromatic heterocycles. The molecule has 9 heteroatoms. The second-order valence-electron chi connectivity index (χ2n) is 5.81. The number of anilines is 2. The van der Waals surface area contributed by atoms with Gasteiger partial charge in [0, 0.05) is 12.6 Å². The van der Waals surface area contributed by atoms with Gasteiger partial charge >= 0.3 is 0 Å². The fraction of sp³-hybridized carbons (Fsp3) is 0.0500. The number of hydrogen-bond donors (Lipinski definition) is 3. The zero-order chi connectivity index (χ0) is 20.6. The van der Waals surface area contributed by atoms with Crippen molar-refractivity contribution in [2.75, 3.05) is 10.6 Å². The average Bonchev–Trinajstić information content (AvgIpc) is 2.70. The molecule has 146 valence electrons. The number of guanidine groups is 1. The lowest BCUT2D eigenvalue weighted by molar-refractivity contribution is -0.114. The normalized spacial score (nSPS) is 10.9. The SMILES string of the molecule is CC(=O)Nc1ncc(Cl)nc1C(=O)NC(=Nc1ccccc1)Nc1ccccc1. The fourth-order valence-electron chi connectivity index (χ4n) is 2.33. The van der Waals surface area contributed by atoms with Gasteiger partial charge in [-0.15, -0.1) is 0 Å². The Balaban J connectivity index is 1.91. The molecule has 0 atom stereocenters. The summed E-state index contributed by atoms with van der Waals surface area (Å²) in [5, 5.41) is 8.19. The zero-order valence-electron chi connectivity index (χ0n) is 15.4. The van der Waals surface area contributed by atoms with Crippen LogP contribution in [0.15, 0.2) is 71.9 Å². The molecule has 0 unspecified atom stereocenters. The van der Waals surface area contributed by atoms with Gasteiger partial charge < -0.3 is 10.6 Å². The topological polar surface area (TPSA) is 108 Å². The van der Waals surface area contributed by atoms with E-state index in [-0.39, 0.29) is 22.6 Å². The van der Waals surface area contributed by atoms with Crippen LogP contribution in [-0.2, 0) is 4.79 Å². The first-order valence-electron chi connectivity index (χ1n) is 8.58. The van der Waals surface area contributed by atoms with Crippen LogP contribution in [0, 0.1) is 0 Å². The molecule has 0 radical (unpaired) electrons. The highest BCUT2D eigenvalue weighted by Gasteiger charge is 2.18. The molecule has 0 aliphatic carbocycles. The van der Waals surface area contributed by atoms with Crippen LogP contribution in [0.25, 0.3) is 0 Å². The van der Waals surface area contributed by atoms with E-state index in [0.717, 1.165) is 5.69 Å². The van der Waals surface area contributed by atoms with Crippen LogP contribution in [0.4, 0.5) is 17.2 Å². The molecule has 1 heterocycles. The van der Waals surface area contributed by atoms with Crippen molar-refractivity contribution in [3.8, 4) is 0 Å². The van der Waals surface area contributed by atoms with Crippen molar-refractivity contribution in [1.29, 1.82) is 0 Å². The number of nitrogens with zero attached hydrogens (tertiary/aromatic N) is 3.